The Bertz CT molecular complexity index is 1310. The van der Waals surface area contributed by atoms with Crippen LogP contribution in [0.15, 0.2) is 43.5 Å². The fraction of sp³-hybridized carbons (Fsp3) is 0.120. The van der Waals surface area contributed by atoms with Crippen LogP contribution in [0.4, 0.5) is 29.0 Å². The van der Waals surface area contributed by atoms with Crippen molar-refractivity contribution in [1.29, 1.82) is 10.7 Å². The van der Waals surface area contributed by atoms with Gasteiger partial charge in [-0.25, -0.2) is 0 Å². The van der Waals surface area contributed by atoms with Gasteiger partial charge in [-0.2, -0.15) is 15.2 Å². The summed E-state index contributed by atoms with van der Waals surface area (Å²) in [6.45, 7) is 13.4. The number of nitrogens with zero attached hydrogens (tertiary/aromatic N) is 3. The van der Waals surface area contributed by atoms with Crippen LogP contribution in [0.25, 0.3) is 22.1 Å². The van der Waals surface area contributed by atoms with E-state index in [9.17, 15) is 5.26 Å². The smallest absolute Gasteiger partial charge is 0.223 e. The molecule has 2 aromatic heterocycles. The molecule has 8 N–H and O–H groups in total. The van der Waals surface area contributed by atoms with E-state index in [4.69, 9.17) is 22.6 Å². The summed E-state index contributed by atoms with van der Waals surface area (Å²) in [5.74, 6) is 0.238. The molecular weight excluding hydrogens is 444 g/mol. The van der Waals surface area contributed by atoms with Crippen molar-refractivity contribution in [3.8, 4) is 16.5 Å². The summed E-state index contributed by atoms with van der Waals surface area (Å²) in [4.78, 5) is 10.1. The maximum Gasteiger partial charge on any atom is 0.223 e. The number of aromatic nitrogens is 2. The monoisotopic (exact) mass is 472 g/mol. The molecule has 3 aromatic rings. The lowest BCUT2D eigenvalue weighted by atomic mass is 10.0. The quantitative estimate of drug-likeness (QED) is 0.126. The van der Waals surface area contributed by atoms with E-state index in [1.54, 1.807) is 23.5 Å². The van der Waals surface area contributed by atoms with Crippen molar-refractivity contribution in [3.63, 3.8) is 0 Å². The maximum absolute atomic E-state index is 9.30. The molecule has 0 aliphatic rings. The predicted molar refractivity (Wildman–Crippen MR) is 146 cm³/mol. The van der Waals surface area contributed by atoms with Gasteiger partial charge < -0.3 is 27.9 Å². The molecule has 0 saturated carbocycles. The number of hydrogen-bond donors (Lipinski definition) is 5. The highest BCUT2D eigenvalue weighted by Gasteiger charge is 2.17. The molecule has 0 aliphatic carbocycles. The van der Waals surface area contributed by atoms with Crippen LogP contribution in [0.2, 0.25) is 0 Å². The number of allylic oxidation sites excluding steroid dienone is 3. The summed E-state index contributed by atoms with van der Waals surface area (Å²) >= 11 is 1.58. The first-order chi connectivity index (χ1) is 16.3. The first-order valence-electron chi connectivity index (χ1n) is 10.4. The molecule has 1 aromatic carbocycles. The third-order valence-electron chi connectivity index (χ3n) is 4.63. The second-order valence-corrected chi connectivity index (χ2v) is 7.91. The Morgan fingerprint density at radius 2 is 1.91 bits per heavy atom. The van der Waals surface area contributed by atoms with Gasteiger partial charge >= 0.3 is 0 Å². The van der Waals surface area contributed by atoms with Crippen LogP contribution in [-0.4, -0.2) is 16.2 Å². The number of benzene rings is 1. The fourth-order valence-electron chi connectivity index (χ4n) is 3.10. The number of thiophene rings is 1. The highest BCUT2D eigenvalue weighted by molar-refractivity contribution is 7.16. The minimum atomic E-state index is -0.0463. The van der Waals surface area contributed by atoms with Gasteiger partial charge in [0.2, 0.25) is 5.95 Å². The molecule has 0 fully saturated rings. The van der Waals surface area contributed by atoms with Crippen molar-refractivity contribution >= 4 is 58.2 Å². The first kappa shape index (κ1) is 25.8. The first-order valence-corrected chi connectivity index (χ1v) is 11.2. The van der Waals surface area contributed by atoms with E-state index in [0.29, 0.717) is 16.9 Å². The number of rotatable bonds is 7. The highest BCUT2D eigenvalue weighted by Crippen LogP contribution is 2.39. The van der Waals surface area contributed by atoms with E-state index in [0.717, 1.165) is 20.9 Å². The Morgan fingerprint density at radius 3 is 2.53 bits per heavy atom. The zero-order valence-electron chi connectivity index (χ0n) is 19.4. The van der Waals surface area contributed by atoms with Gasteiger partial charge in [0.15, 0.2) is 0 Å². The average molecular weight is 473 g/mol. The van der Waals surface area contributed by atoms with Crippen molar-refractivity contribution in [1.82, 2.24) is 9.97 Å². The van der Waals surface area contributed by atoms with Crippen molar-refractivity contribution < 1.29 is 0 Å². The van der Waals surface area contributed by atoms with Gasteiger partial charge in [0.1, 0.15) is 11.6 Å². The maximum atomic E-state index is 9.30. The minimum Gasteiger partial charge on any atom is -0.398 e. The van der Waals surface area contributed by atoms with Crippen molar-refractivity contribution in [3.05, 3.63) is 65.1 Å². The molecule has 0 radical (unpaired) electrons. The van der Waals surface area contributed by atoms with E-state index < -0.39 is 0 Å². The van der Waals surface area contributed by atoms with Crippen molar-refractivity contribution in [2.75, 3.05) is 22.5 Å². The lowest BCUT2D eigenvalue weighted by Gasteiger charge is -2.15. The van der Waals surface area contributed by atoms with Gasteiger partial charge in [0.25, 0.3) is 0 Å². The molecule has 174 valence electrons. The molecule has 8 nitrogen and oxygen atoms in total. The van der Waals surface area contributed by atoms with Crippen LogP contribution >= 0.6 is 11.3 Å². The molecule has 0 bridgehead atoms. The summed E-state index contributed by atoms with van der Waals surface area (Å²) < 4.78 is 0. The van der Waals surface area contributed by atoms with Crippen LogP contribution in [0.3, 0.4) is 0 Å². The summed E-state index contributed by atoms with van der Waals surface area (Å²) in [7, 11) is 0. The van der Waals surface area contributed by atoms with E-state index in [-0.39, 0.29) is 28.7 Å². The molecule has 0 aliphatic heterocycles. The Hall–Kier alpha value is -4.42. The molecule has 3 rings (SSSR count). The zero-order valence-corrected chi connectivity index (χ0v) is 20.3. The number of nitrogens with one attached hydrogen (secondary N) is 2. The predicted octanol–water partition coefficient (Wildman–Crippen LogP) is 5.76. The van der Waals surface area contributed by atoms with Crippen LogP contribution in [0.1, 0.15) is 35.4 Å². The zero-order chi connectivity index (χ0) is 25.4. The number of anilines is 5. The Balaban J connectivity index is 0.00000199. The van der Waals surface area contributed by atoms with Gasteiger partial charge in [-0.15, -0.1) is 11.3 Å². The Labute approximate surface area is 203 Å². The number of nitriles is 1. The molecular formula is C25H28N8S. The van der Waals surface area contributed by atoms with Gasteiger partial charge in [-0.3, -0.25) is 0 Å². The summed E-state index contributed by atoms with van der Waals surface area (Å²) in [5, 5.41) is 20.2. The topological polar surface area (TPSA) is 164 Å². The van der Waals surface area contributed by atoms with E-state index >= 15 is 0 Å². The minimum absolute atomic E-state index is 0.0435. The second-order valence-electron chi connectivity index (χ2n) is 6.83. The van der Waals surface area contributed by atoms with E-state index in [2.05, 4.69) is 28.4 Å². The summed E-state index contributed by atoms with van der Waals surface area (Å²) in [6, 6.07) is 7.56. The number of nitrogen functional groups attached to an aromatic ring is 3. The van der Waals surface area contributed by atoms with E-state index in [1.807, 2.05) is 51.1 Å². The third kappa shape index (κ3) is 5.49. The van der Waals surface area contributed by atoms with Gasteiger partial charge in [0, 0.05) is 38.5 Å². The number of aryl methyl sites for hydroxylation is 1. The molecule has 9 heteroatoms. The largest absolute Gasteiger partial charge is 0.398 e. The fourth-order valence-corrected chi connectivity index (χ4v) is 4.22. The molecule has 0 amide bonds. The third-order valence-corrected chi connectivity index (χ3v) is 5.86. The lowest BCUT2D eigenvalue weighted by molar-refractivity contribution is 1.18. The van der Waals surface area contributed by atoms with Crippen molar-refractivity contribution in [2.24, 2.45) is 0 Å². The van der Waals surface area contributed by atoms with E-state index in [1.165, 1.54) is 6.21 Å². The second kappa shape index (κ2) is 11.4. The summed E-state index contributed by atoms with van der Waals surface area (Å²) in [5.41, 5.74) is 21.9. The number of hydrogen-bond acceptors (Lipinski definition) is 9. The SMILES string of the molecule is C=C/C=C\c1sc(-c2cc(Nc3nc(N)nc(N)c3C(=C)C#N)cc(C=N)c2N)cc1C.CC. The standard InChI is InChI=1S/C23H22N8S.C2H6/c1-4-5-6-17-12(2)7-18(32-17)16-9-15(8-14(11-25)20(16)26)29-22-19(13(3)10-24)21(27)30-23(28)31-22;1-2/h4-9,11,25H,1,3,26H2,2H3,(H5,27,28,29,30,31);1-2H3/b6-5-,25-11?;. The normalized spacial score (nSPS) is 10.2. The molecule has 0 saturated heterocycles. The number of nitrogens with two attached hydrogens (primary N) is 3. The van der Waals surface area contributed by atoms with Crippen LogP contribution in [0.5, 0.6) is 0 Å². The summed E-state index contributed by atoms with van der Waals surface area (Å²) in [6.07, 6.45) is 6.76. The molecule has 0 unspecified atom stereocenters. The Kier molecular flexibility index (Phi) is 8.70. The van der Waals surface area contributed by atoms with Crippen LogP contribution in [-0.2, 0) is 0 Å². The van der Waals surface area contributed by atoms with Gasteiger partial charge in [-0.05, 0) is 36.8 Å². The Morgan fingerprint density at radius 1 is 1.21 bits per heavy atom. The molecule has 0 atom stereocenters. The molecule has 34 heavy (non-hydrogen) atoms. The van der Waals surface area contributed by atoms with Gasteiger partial charge in [-0.1, -0.05) is 39.2 Å². The molecule has 0 spiro atoms. The van der Waals surface area contributed by atoms with Crippen LogP contribution in [0, 0.1) is 23.7 Å². The highest BCUT2D eigenvalue weighted by atomic mass is 32.1. The van der Waals surface area contributed by atoms with Gasteiger partial charge in [0.05, 0.1) is 17.2 Å². The molecule has 2 heterocycles. The van der Waals surface area contributed by atoms with Crippen molar-refractivity contribution in [2.45, 2.75) is 20.8 Å². The van der Waals surface area contributed by atoms with Crippen LogP contribution < -0.4 is 22.5 Å². The lowest BCUT2D eigenvalue weighted by Crippen LogP contribution is -2.08. The average Bonchev–Trinajstić information content (AvgIpc) is 3.19.